The number of unbranched alkanes of at least 4 members (excludes halogenated alkanes) is 2. The summed E-state index contributed by atoms with van der Waals surface area (Å²) in [6.45, 7) is 6.61. The van der Waals surface area contributed by atoms with E-state index in [1.54, 1.807) is 13.2 Å². The lowest BCUT2D eigenvalue weighted by molar-refractivity contribution is 0.414. The Bertz CT molecular complexity index is 547. The van der Waals surface area contributed by atoms with Gasteiger partial charge < -0.3 is 9.64 Å². The van der Waals surface area contributed by atoms with Gasteiger partial charge in [0, 0.05) is 36.5 Å². The van der Waals surface area contributed by atoms with Crippen molar-refractivity contribution in [3.8, 4) is 11.8 Å². The maximum Gasteiger partial charge on any atom is 0.128 e. The first-order valence-corrected chi connectivity index (χ1v) is 8.42. The molecule has 3 heteroatoms. The van der Waals surface area contributed by atoms with Gasteiger partial charge in [0.15, 0.2) is 0 Å². The number of allylic oxidation sites excluding steroid dienone is 3. The number of hydrogen-bond donors (Lipinski definition) is 0. The Kier molecular flexibility index (Phi) is 9.31. The Labute approximate surface area is 140 Å². The maximum atomic E-state index is 8.50. The van der Waals surface area contributed by atoms with Gasteiger partial charge in [-0.1, -0.05) is 44.9 Å². The minimum atomic E-state index is 0.863. The molecule has 0 radical (unpaired) electrons. The molecule has 23 heavy (non-hydrogen) atoms. The predicted octanol–water partition coefficient (Wildman–Crippen LogP) is 5.19. The Morgan fingerprint density at radius 3 is 2.39 bits per heavy atom. The van der Waals surface area contributed by atoms with Crippen LogP contribution in [0.15, 0.2) is 36.4 Å². The van der Waals surface area contributed by atoms with Crippen LogP contribution in [0.1, 0.15) is 45.1 Å². The SMILES string of the molecule is CCCCN(CCCC)c1ccc(C=CC=CC#N)c(OC)c1. The van der Waals surface area contributed by atoms with Crippen LogP contribution in [0, 0.1) is 11.3 Å². The van der Waals surface area contributed by atoms with Crippen molar-refractivity contribution in [2.24, 2.45) is 0 Å². The van der Waals surface area contributed by atoms with Crippen molar-refractivity contribution >= 4 is 11.8 Å². The molecular weight excluding hydrogens is 284 g/mol. The third-order valence-corrected chi connectivity index (χ3v) is 3.70. The molecule has 0 aliphatic rings. The lowest BCUT2D eigenvalue weighted by Gasteiger charge is -2.25. The second-order valence-corrected chi connectivity index (χ2v) is 5.47. The Balaban J connectivity index is 2.95. The molecule has 0 unspecified atom stereocenters. The minimum Gasteiger partial charge on any atom is -0.496 e. The van der Waals surface area contributed by atoms with Crippen molar-refractivity contribution < 1.29 is 4.74 Å². The van der Waals surface area contributed by atoms with Crippen molar-refractivity contribution in [1.29, 1.82) is 5.26 Å². The van der Waals surface area contributed by atoms with E-state index in [-0.39, 0.29) is 0 Å². The van der Waals surface area contributed by atoms with E-state index in [1.165, 1.54) is 37.4 Å². The van der Waals surface area contributed by atoms with Crippen LogP contribution in [-0.4, -0.2) is 20.2 Å². The monoisotopic (exact) mass is 312 g/mol. The highest BCUT2D eigenvalue weighted by molar-refractivity contribution is 5.64. The summed E-state index contributed by atoms with van der Waals surface area (Å²) < 4.78 is 5.54. The summed E-state index contributed by atoms with van der Waals surface area (Å²) in [4.78, 5) is 2.44. The van der Waals surface area contributed by atoms with Crippen LogP contribution in [0.25, 0.3) is 6.08 Å². The minimum absolute atomic E-state index is 0.863. The van der Waals surface area contributed by atoms with E-state index in [0.717, 1.165) is 24.4 Å². The molecule has 0 N–H and O–H groups in total. The van der Waals surface area contributed by atoms with Gasteiger partial charge in [0.1, 0.15) is 5.75 Å². The largest absolute Gasteiger partial charge is 0.496 e. The van der Waals surface area contributed by atoms with Crippen molar-refractivity contribution in [1.82, 2.24) is 0 Å². The molecule has 0 spiro atoms. The molecule has 0 saturated heterocycles. The average Bonchev–Trinajstić information content (AvgIpc) is 2.59. The van der Waals surface area contributed by atoms with Gasteiger partial charge in [0.05, 0.1) is 13.2 Å². The van der Waals surface area contributed by atoms with Crippen molar-refractivity contribution in [2.45, 2.75) is 39.5 Å². The van der Waals surface area contributed by atoms with Crippen molar-refractivity contribution in [3.63, 3.8) is 0 Å². The lowest BCUT2D eigenvalue weighted by atomic mass is 10.1. The summed E-state index contributed by atoms with van der Waals surface area (Å²) in [5.41, 5.74) is 2.23. The fraction of sp³-hybridized carbons (Fsp3) is 0.450. The fourth-order valence-corrected chi connectivity index (χ4v) is 2.36. The van der Waals surface area contributed by atoms with Gasteiger partial charge >= 0.3 is 0 Å². The van der Waals surface area contributed by atoms with E-state index in [4.69, 9.17) is 10.00 Å². The number of hydrogen-bond acceptors (Lipinski definition) is 3. The highest BCUT2D eigenvalue weighted by atomic mass is 16.5. The molecule has 0 aliphatic heterocycles. The fourth-order valence-electron chi connectivity index (χ4n) is 2.36. The molecule has 0 saturated carbocycles. The predicted molar refractivity (Wildman–Crippen MR) is 98.8 cm³/mol. The first-order chi connectivity index (χ1) is 11.3. The number of ether oxygens (including phenoxy) is 1. The van der Waals surface area contributed by atoms with Gasteiger partial charge in [-0.3, -0.25) is 0 Å². The van der Waals surface area contributed by atoms with Crippen LogP contribution in [-0.2, 0) is 0 Å². The van der Waals surface area contributed by atoms with Crippen LogP contribution in [0.2, 0.25) is 0 Å². The number of rotatable bonds is 10. The molecule has 3 nitrogen and oxygen atoms in total. The van der Waals surface area contributed by atoms with Gasteiger partial charge in [0.25, 0.3) is 0 Å². The number of nitriles is 1. The van der Waals surface area contributed by atoms with Crippen LogP contribution in [0.3, 0.4) is 0 Å². The van der Waals surface area contributed by atoms with Gasteiger partial charge in [-0.25, -0.2) is 0 Å². The maximum absolute atomic E-state index is 8.50. The zero-order valence-corrected chi connectivity index (χ0v) is 14.6. The highest BCUT2D eigenvalue weighted by Crippen LogP contribution is 2.27. The molecular formula is C20H28N2O. The number of anilines is 1. The van der Waals surface area contributed by atoms with E-state index in [9.17, 15) is 0 Å². The summed E-state index contributed by atoms with van der Waals surface area (Å²) >= 11 is 0. The number of nitrogens with zero attached hydrogens (tertiary/aromatic N) is 2. The van der Waals surface area contributed by atoms with Crippen LogP contribution in [0.4, 0.5) is 5.69 Å². The molecule has 0 atom stereocenters. The van der Waals surface area contributed by atoms with E-state index in [2.05, 4.69) is 36.9 Å². The van der Waals surface area contributed by atoms with Gasteiger partial charge in [-0.05, 0) is 25.0 Å². The number of benzene rings is 1. The second-order valence-electron chi connectivity index (χ2n) is 5.47. The normalized spacial score (nSPS) is 11.0. The average molecular weight is 312 g/mol. The summed E-state index contributed by atoms with van der Waals surface area (Å²) in [5, 5.41) is 8.50. The topological polar surface area (TPSA) is 36.3 Å². The van der Waals surface area contributed by atoms with Crippen molar-refractivity contribution in [3.05, 3.63) is 42.0 Å². The summed E-state index contributed by atoms with van der Waals surface area (Å²) in [6.07, 6.45) is 11.8. The number of methoxy groups -OCH3 is 1. The zero-order valence-electron chi connectivity index (χ0n) is 14.6. The molecule has 0 aromatic heterocycles. The Morgan fingerprint density at radius 1 is 1.13 bits per heavy atom. The van der Waals surface area contributed by atoms with Gasteiger partial charge in [-0.2, -0.15) is 5.26 Å². The molecule has 1 aromatic rings. The van der Waals surface area contributed by atoms with Crippen LogP contribution in [0.5, 0.6) is 5.75 Å². The smallest absolute Gasteiger partial charge is 0.128 e. The van der Waals surface area contributed by atoms with E-state index in [0.29, 0.717) is 0 Å². The Morgan fingerprint density at radius 2 is 1.83 bits per heavy atom. The molecule has 124 valence electrons. The van der Waals surface area contributed by atoms with E-state index < -0.39 is 0 Å². The van der Waals surface area contributed by atoms with Gasteiger partial charge in [-0.15, -0.1) is 0 Å². The zero-order chi connectivity index (χ0) is 16.9. The highest BCUT2D eigenvalue weighted by Gasteiger charge is 2.09. The molecule has 0 amide bonds. The van der Waals surface area contributed by atoms with E-state index >= 15 is 0 Å². The second kappa shape index (κ2) is 11.4. The quantitative estimate of drug-likeness (QED) is 0.440. The molecule has 1 aromatic carbocycles. The summed E-state index contributed by atoms with van der Waals surface area (Å²) in [7, 11) is 1.70. The molecule has 0 bridgehead atoms. The van der Waals surface area contributed by atoms with Crippen LogP contribution >= 0.6 is 0 Å². The molecule has 0 heterocycles. The summed E-state index contributed by atoms with van der Waals surface area (Å²) in [6, 6.07) is 8.32. The lowest BCUT2D eigenvalue weighted by Crippen LogP contribution is -2.25. The Hall–Kier alpha value is -2.21. The summed E-state index contributed by atoms with van der Waals surface area (Å²) in [5.74, 6) is 0.863. The third kappa shape index (κ3) is 6.61. The van der Waals surface area contributed by atoms with Crippen molar-refractivity contribution in [2.75, 3.05) is 25.1 Å². The first kappa shape index (κ1) is 18.8. The molecule has 1 rings (SSSR count). The third-order valence-electron chi connectivity index (χ3n) is 3.70. The standard InChI is InChI=1S/C20H28N2O/c1-4-6-15-22(16-7-5-2)19-13-12-18(20(17-19)23-3)11-9-8-10-14-21/h8-13,17H,4-7,15-16H2,1-3H3. The first-order valence-electron chi connectivity index (χ1n) is 8.42. The molecule has 0 fully saturated rings. The van der Waals surface area contributed by atoms with Gasteiger partial charge in [0.2, 0.25) is 0 Å². The van der Waals surface area contributed by atoms with Crippen LogP contribution < -0.4 is 9.64 Å². The molecule has 0 aliphatic carbocycles. The van der Waals surface area contributed by atoms with E-state index in [1.807, 2.05) is 18.2 Å².